The van der Waals surface area contributed by atoms with Gasteiger partial charge in [-0.1, -0.05) is 0 Å². The van der Waals surface area contributed by atoms with E-state index >= 15 is 0 Å². The normalized spacial score (nSPS) is 17.1. The highest BCUT2D eigenvalue weighted by molar-refractivity contribution is 5.98. The fourth-order valence-electron chi connectivity index (χ4n) is 1.88. The van der Waals surface area contributed by atoms with Crippen molar-refractivity contribution in [2.45, 2.75) is 24.8 Å². The van der Waals surface area contributed by atoms with Crippen LogP contribution in [-0.2, 0) is 4.79 Å². The molecule has 0 heterocycles. The minimum Gasteiger partial charge on any atom is -0.378 e. The molecule has 17 heavy (non-hydrogen) atoms. The Labute approximate surface area is 102 Å². The number of nitrogens with one attached hydrogen (secondary N) is 1. The van der Waals surface area contributed by atoms with Gasteiger partial charge < -0.3 is 16.0 Å². The summed E-state index contributed by atoms with van der Waals surface area (Å²) in [5, 5.41) is 2.87. The number of carbonyl (C=O) groups is 1. The number of anilines is 2. The molecule has 1 saturated carbocycles. The third kappa shape index (κ3) is 2.42. The Balaban J connectivity index is 2.01. The third-order valence-corrected chi connectivity index (χ3v) is 3.34. The van der Waals surface area contributed by atoms with Gasteiger partial charge in [0.25, 0.3) is 0 Å². The predicted molar refractivity (Wildman–Crippen MR) is 70.2 cm³/mol. The van der Waals surface area contributed by atoms with Crippen molar-refractivity contribution in [3.63, 3.8) is 0 Å². The number of amides is 1. The number of nitrogens with zero attached hydrogens (tertiary/aromatic N) is 1. The van der Waals surface area contributed by atoms with Gasteiger partial charge in [-0.25, -0.2) is 0 Å². The molecule has 92 valence electrons. The van der Waals surface area contributed by atoms with Crippen LogP contribution < -0.4 is 16.0 Å². The van der Waals surface area contributed by atoms with E-state index in [9.17, 15) is 4.79 Å². The standard InChI is InChI=1S/C13H19N3O/c1-16(2)11-6-4-10(5-7-11)15-12(17)13(14)8-3-9-13/h4-7H,3,8-9,14H2,1-2H3,(H,15,17). The van der Waals surface area contributed by atoms with Crippen molar-refractivity contribution in [1.29, 1.82) is 0 Å². The van der Waals surface area contributed by atoms with E-state index in [1.807, 2.05) is 43.3 Å². The Hall–Kier alpha value is -1.55. The Morgan fingerprint density at radius 1 is 1.29 bits per heavy atom. The largest absolute Gasteiger partial charge is 0.378 e. The molecule has 0 saturated heterocycles. The van der Waals surface area contributed by atoms with E-state index < -0.39 is 5.54 Å². The maximum absolute atomic E-state index is 11.9. The smallest absolute Gasteiger partial charge is 0.244 e. The molecule has 0 bridgehead atoms. The van der Waals surface area contributed by atoms with Crippen molar-refractivity contribution >= 4 is 17.3 Å². The van der Waals surface area contributed by atoms with Crippen LogP contribution >= 0.6 is 0 Å². The van der Waals surface area contributed by atoms with Crippen LogP contribution in [0.15, 0.2) is 24.3 Å². The Kier molecular flexibility index (Phi) is 3.07. The molecule has 0 aromatic heterocycles. The lowest BCUT2D eigenvalue weighted by Gasteiger charge is -2.36. The third-order valence-electron chi connectivity index (χ3n) is 3.34. The van der Waals surface area contributed by atoms with Crippen molar-refractivity contribution < 1.29 is 4.79 Å². The number of rotatable bonds is 3. The highest BCUT2D eigenvalue weighted by atomic mass is 16.2. The summed E-state index contributed by atoms with van der Waals surface area (Å²) >= 11 is 0. The van der Waals surface area contributed by atoms with E-state index in [4.69, 9.17) is 5.73 Å². The summed E-state index contributed by atoms with van der Waals surface area (Å²) in [5.74, 6) is -0.0682. The van der Waals surface area contributed by atoms with Crippen molar-refractivity contribution in [2.75, 3.05) is 24.3 Å². The maximum Gasteiger partial charge on any atom is 0.244 e. The SMILES string of the molecule is CN(C)c1ccc(NC(=O)C2(N)CCC2)cc1. The minimum absolute atomic E-state index is 0.0682. The summed E-state index contributed by atoms with van der Waals surface area (Å²) in [6.07, 6.45) is 2.62. The number of hydrogen-bond acceptors (Lipinski definition) is 3. The van der Waals surface area contributed by atoms with Crippen LogP contribution in [0, 0.1) is 0 Å². The second kappa shape index (κ2) is 4.37. The maximum atomic E-state index is 11.9. The van der Waals surface area contributed by atoms with Gasteiger partial charge in [-0.3, -0.25) is 4.79 Å². The van der Waals surface area contributed by atoms with Crippen LogP contribution in [0.4, 0.5) is 11.4 Å². The molecule has 4 nitrogen and oxygen atoms in total. The average Bonchev–Trinajstić information content (AvgIpc) is 2.26. The molecule has 1 aliphatic carbocycles. The molecular weight excluding hydrogens is 214 g/mol. The number of carbonyl (C=O) groups excluding carboxylic acids is 1. The summed E-state index contributed by atoms with van der Waals surface area (Å²) in [6, 6.07) is 7.74. The van der Waals surface area contributed by atoms with Crippen LogP contribution in [-0.4, -0.2) is 25.5 Å². The minimum atomic E-state index is -0.639. The highest BCUT2D eigenvalue weighted by Crippen LogP contribution is 2.30. The zero-order chi connectivity index (χ0) is 12.5. The Morgan fingerprint density at radius 3 is 2.29 bits per heavy atom. The monoisotopic (exact) mass is 233 g/mol. The fourth-order valence-corrected chi connectivity index (χ4v) is 1.88. The summed E-state index contributed by atoms with van der Waals surface area (Å²) in [5.41, 5.74) is 7.22. The van der Waals surface area contributed by atoms with Gasteiger partial charge in [-0.2, -0.15) is 0 Å². The van der Waals surface area contributed by atoms with Gasteiger partial charge in [0.2, 0.25) is 5.91 Å². The van der Waals surface area contributed by atoms with E-state index in [0.29, 0.717) is 0 Å². The highest BCUT2D eigenvalue weighted by Gasteiger charge is 2.40. The zero-order valence-corrected chi connectivity index (χ0v) is 10.4. The topological polar surface area (TPSA) is 58.4 Å². The first-order valence-corrected chi connectivity index (χ1v) is 5.89. The molecule has 1 amide bonds. The first-order chi connectivity index (χ1) is 8.01. The van der Waals surface area contributed by atoms with Crippen LogP contribution in [0.5, 0.6) is 0 Å². The first-order valence-electron chi connectivity index (χ1n) is 5.89. The second-order valence-electron chi connectivity index (χ2n) is 4.91. The molecule has 1 fully saturated rings. The molecule has 1 aromatic rings. The van der Waals surface area contributed by atoms with E-state index in [2.05, 4.69) is 5.32 Å². The van der Waals surface area contributed by atoms with Gasteiger partial charge in [-0.05, 0) is 43.5 Å². The lowest BCUT2D eigenvalue weighted by atomic mass is 9.77. The summed E-state index contributed by atoms with van der Waals surface area (Å²) in [7, 11) is 3.97. The quantitative estimate of drug-likeness (QED) is 0.833. The molecule has 0 aliphatic heterocycles. The molecule has 0 atom stereocenters. The summed E-state index contributed by atoms with van der Waals surface area (Å²) in [4.78, 5) is 13.9. The van der Waals surface area contributed by atoms with Crippen LogP contribution in [0.2, 0.25) is 0 Å². The lowest BCUT2D eigenvalue weighted by Crippen LogP contribution is -2.56. The van der Waals surface area contributed by atoms with Gasteiger partial charge in [0, 0.05) is 25.5 Å². The molecule has 1 aromatic carbocycles. The van der Waals surface area contributed by atoms with Gasteiger partial charge in [0.15, 0.2) is 0 Å². The van der Waals surface area contributed by atoms with E-state index in [1.165, 1.54) is 0 Å². The van der Waals surface area contributed by atoms with E-state index in [1.54, 1.807) is 0 Å². The molecule has 0 spiro atoms. The first kappa shape index (κ1) is 11.9. The van der Waals surface area contributed by atoms with Gasteiger partial charge >= 0.3 is 0 Å². The predicted octanol–water partition coefficient (Wildman–Crippen LogP) is 1.57. The zero-order valence-electron chi connectivity index (χ0n) is 10.4. The number of benzene rings is 1. The van der Waals surface area contributed by atoms with Crippen molar-refractivity contribution in [2.24, 2.45) is 5.73 Å². The van der Waals surface area contributed by atoms with Crippen LogP contribution in [0.3, 0.4) is 0 Å². The van der Waals surface area contributed by atoms with Gasteiger partial charge in [-0.15, -0.1) is 0 Å². The molecule has 1 aliphatic rings. The number of hydrogen-bond donors (Lipinski definition) is 2. The lowest BCUT2D eigenvalue weighted by molar-refractivity contribution is -0.123. The molecule has 2 rings (SSSR count). The van der Waals surface area contributed by atoms with Crippen molar-refractivity contribution in [3.8, 4) is 0 Å². The molecule has 3 N–H and O–H groups in total. The van der Waals surface area contributed by atoms with Crippen molar-refractivity contribution in [3.05, 3.63) is 24.3 Å². The number of nitrogens with two attached hydrogens (primary N) is 1. The fraction of sp³-hybridized carbons (Fsp3) is 0.462. The van der Waals surface area contributed by atoms with Gasteiger partial charge in [0.05, 0.1) is 5.54 Å². The Morgan fingerprint density at radius 2 is 1.88 bits per heavy atom. The second-order valence-corrected chi connectivity index (χ2v) is 4.91. The van der Waals surface area contributed by atoms with E-state index in [-0.39, 0.29) is 5.91 Å². The molecular formula is C13H19N3O. The summed E-state index contributed by atoms with van der Waals surface area (Å²) < 4.78 is 0. The van der Waals surface area contributed by atoms with Crippen LogP contribution in [0.1, 0.15) is 19.3 Å². The van der Waals surface area contributed by atoms with Crippen LogP contribution in [0.25, 0.3) is 0 Å². The van der Waals surface area contributed by atoms with Crippen molar-refractivity contribution in [1.82, 2.24) is 0 Å². The average molecular weight is 233 g/mol. The summed E-state index contributed by atoms with van der Waals surface area (Å²) in [6.45, 7) is 0. The Bertz CT molecular complexity index is 407. The van der Waals surface area contributed by atoms with Gasteiger partial charge in [0.1, 0.15) is 0 Å². The molecule has 4 heteroatoms. The molecule has 0 radical (unpaired) electrons. The van der Waals surface area contributed by atoms with E-state index in [0.717, 1.165) is 30.6 Å². The molecule has 0 unspecified atom stereocenters.